The summed E-state index contributed by atoms with van der Waals surface area (Å²) in [6.07, 6.45) is 4.57. The summed E-state index contributed by atoms with van der Waals surface area (Å²) in [5.41, 5.74) is 3.51. The highest BCUT2D eigenvalue weighted by Gasteiger charge is 2.38. The van der Waals surface area contributed by atoms with Crippen LogP contribution in [0.25, 0.3) is 0 Å². The fourth-order valence-electron chi connectivity index (χ4n) is 4.00. The molecule has 0 fully saturated rings. The van der Waals surface area contributed by atoms with E-state index in [2.05, 4.69) is 5.32 Å². The first kappa shape index (κ1) is 19.6. The predicted octanol–water partition coefficient (Wildman–Crippen LogP) is 3.80. The molecule has 3 rings (SSSR count). The second-order valence-corrected chi connectivity index (χ2v) is 8.52. The van der Waals surface area contributed by atoms with Gasteiger partial charge in [-0.2, -0.15) is 0 Å². The Morgan fingerprint density at radius 1 is 1.07 bits per heavy atom. The molecule has 0 spiro atoms. The van der Waals surface area contributed by atoms with E-state index in [4.69, 9.17) is 4.74 Å². The largest absolute Gasteiger partial charge is 0.481 e. The van der Waals surface area contributed by atoms with Crippen molar-refractivity contribution in [1.29, 1.82) is 0 Å². The molecule has 146 valence electrons. The van der Waals surface area contributed by atoms with Crippen LogP contribution in [0.2, 0.25) is 0 Å². The number of ether oxygens (including phenoxy) is 1. The lowest BCUT2D eigenvalue weighted by atomic mass is 9.76. The van der Waals surface area contributed by atoms with Crippen molar-refractivity contribution >= 4 is 34.2 Å². The Hall–Kier alpha value is -2.15. The number of aliphatic carboxylic acids is 1. The third kappa shape index (κ3) is 3.78. The monoisotopic (exact) mass is 391 g/mol. The first-order valence-electron chi connectivity index (χ1n) is 9.25. The smallest absolute Gasteiger partial charge is 0.341 e. The summed E-state index contributed by atoms with van der Waals surface area (Å²) in [4.78, 5) is 38.1. The number of carbonyl (C=O) groups excluding carboxylic acids is 2. The van der Waals surface area contributed by atoms with Gasteiger partial charge in [0.1, 0.15) is 5.00 Å². The number of hydrogen-bond donors (Lipinski definition) is 2. The van der Waals surface area contributed by atoms with Gasteiger partial charge in [-0.1, -0.05) is 11.1 Å². The third-order valence-electron chi connectivity index (χ3n) is 5.72. The van der Waals surface area contributed by atoms with Crippen LogP contribution in [0.5, 0.6) is 0 Å². The zero-order valence-corrected chi connectivity index (χ0v) is 16.7. The number of aryl methyl sites for hydroxylation is 1. The summed E-state index contributed by atoms with van der Waals surface area (Å²) in [6, 6.07) is 0. The number of fused-ring (bicyclic) bond motifs is 1. The highest BCUT2D eigenvalue weighted by Crippen LogP contribution is 2.40. The zero-order chi connectivity index (χ0) is 19.7. The van der Waals surface area contributed by atoms with Gasteiger partial charge in [0.05, 0.1) is 24.5 Å². The molecule has 27 heavy (non-hydrogen) atoms. The predicted molar refractivity (Wildman–Crippen MR) is 103 cm³/mol. The molecule has 2 aliphatic carbocycles. The van der Waals surface area contributed by atoms with E-state index in [1.54, 1.807) is 0 Å². The van der Waals surface area contributed by atoms with E-state index in [0.29, 0.717) is 23.4 Å². The highest BCUT2D eigenvalue weighted by molar-refractivity contribution is 7.17. The average molecular weight is 391 g/mol. The van der Waals surface area contributed by atoms with Crippen LogP contribution in [-0.2, 0) is 27.2 Å². The normalized spacial score (nSPS) is 22.2. The molecule has 0 unspecified atom stereocenters. The number of methoxy groups -OCH3 is 1. The van der Waals surface area contributed by atoms with Crippen molar-refractivity contribution in [2.45, 2.75) is 52.4 Å². The maximum atomic E-state index is 13.0. The molecule has 7 heteroatoms. The molecule has 0 aliphatic heterocycles. The number of thiophene rings is 1. The average Bonchev–Trinajstić information content (AvgIpc) is 3.00. The fourth-order valence-corrected chi connectivity index (χ4v) is 5.28. The molecule has 0 bridgehead atoms. The number of nitrogens with one attached hydrogen (secondary N) is 1. The highest BCUT2D eigenvalue weighted by atomic mass is 32.1. The van der Waals surface area contributed by atoms with Crippen molar-refractivity contribution in [3.63, 3.8) is 0 Å². The Bertz CT molecular complexity index is 823. The lowest BCUT2D eigenvalue weighted by molar-refractivity contribution is -0.146. The summed E-state index contributed by atoms with van der Waals surface area (Å²) in [6.45, 7) is 3.86. The Kier molecular flexibility index (Phi) is 5.69. The van der Waals surface area contributed by atoms with Crippen LogP contribution in [0.15, 0.2) is 11.1 Å². The Labute approximate surface area is 162 Å². The van der Waals surface area contributed by atoms with Crippen LogP contribution >= 0.6 is 11.3 Å². The molecule has 2 atom stereocenters. The number of rotatable bonds is 4. The van der Waals surface area contributed by atoms with Crippen molar-refractivity contribution < 1.29 is 24.2 Å². The van der Waals surface area contributed by atoms with Crippen molar-refractivity contribution in [3.8, 4) is 0 Å². The number of hydrogen-bond acceptors (Lipinski definition) is 5. The lowest BCUT2D eigenvalue weighted by Crippen LogP contribution is -2.36. The topological polar surface area (TPSA) is 92.7 Å². The molecule has 0 saturated heterocycles. The van der Waals surface area contributed by atoms with Gasteiger partial charge in [0.25, 0.3) is 0 Å². The van der Waals surface area contributed by atoms with Gasteiger partial charge in [0.2, 0.25) is 5.91 Å². The van der Waals surface area contributed by atoms with Gasteiger partial charge in [-0.3, -0.25) is 9.59 Å². The molecule has 1 heterocycles. The van der Waals surface area contributed by atoms with Crippen LogP contribution in [-0.4, -0.2) is 30.1 Å². The molecule has 0 saturated carbocycles. The van der Waals surface area contributed by atoms with Crippen molar-refractivity contribution in [1.82, 2.24) is 0 Å². The second-order valence-electron chi connectivity index (χ2n) is 7.42. The first-order chi connectivity index (χ1) is 12.8. The second kappa shape index (κ2) is 7.84. The van der Waals surface area contributed by atoms with Crippen molar-refractivity contribution in [3.05, 3.63) is 27.2 Å². The van der Waals surface area contributed by atoms with Gasteiger partial charge in [-0.15, -0.1) is 11.3 Å². The number of anilines is 1. The van der Waals surface area contributed by atoms with E-state index in [9.17, 15) is 19.5 Å². The molecular weight excluding hydrogens is 366 g/mol. The fraction of sp³-hybridized carbons (Fsp3) is 0.550. The molecular formula is C20H25NO5S. The van der Waals surface area contributed by atoms with E-state index in [1.807, 2.05) is 13.8 Å². The van der Waals surface area contributed by atoms with E-state index < -0.39 is 23.8 Å². The molecule has 1 aromatic heterocycles. The maximum absolute atomic E-state index is 13.0. The minimum atomic E-state index is -0.958. The number of esters is 1. The van der Waals surface area contributed by atoms with Gasteiger partial charge in [-0.05, 0) is 57.9 Å². The van der Waals surface area contributed by atoms with E-state index in [0.717, 1.165) is 47.3 Å². The van der Waals surface area contributed by atoms with Crippen molar-refractivity contribution in [2.75, 3.05) is 12.4 Å². The Morgan fingerprint density at radius 3 is 2.33 bits per heavy atom. The van der Waals surface area contributed by atoms with Gasteiger partial charge in [-0.25, -0.2) is 4.79 Å². The van der Waals surface area contributed by atoms with Crippen LogP contribution in [0.1, 0.15) is 60.3 Å². The quantitative estimate of drug-likeness (QED) is 0.602. The summed E-state index contributed by atoms with van der Waals surface area (Å²) < 4.78 is 4.93. The Balaban J connectivity index is 1.90. The molecule has 2 N–H and O–H groups in total. The van der Waals surface area contributed by atoms with Gasteiger partial charge in [0.15, 0.2) is 0 Å². The SMILES string of the molecule is COC(=O)c1c(NC(=O)[C@@H]2CC(C)=C(C)C[C@@H]2C(=O)O)sc2c1CCCC2. The molecule has 1 amide bonds. The van der Waals surface area contributed by atoms with Crippen LogP contribution in [0.4, 0.5) is 5.00 Å². The van der Waals surface area contributed by atoms with E-state index >= 15 is 0 Å². The number of carbonyl (C=O) groups is 3. The molecule has 6 nitrogen and oxygen atoms in total. The summed E-state index contributed by atoms with van der Waals surface area (Å²) >= 11 is 1.42. The molecule has 0 aromatic carbocycles. The van der Waals surface area contributed by atoms with Gasteiger partial charge < -0.3 is 15.2 Å². The summed E-state index contributed by atoms with van der Waals surface area (Å²) in [5, 5.41) is 12.9. The molecule has 2 aliphatic rings. The minimum Gasteiger partial charge on any atom is -0.481 e. The molecule has 1 aromatic rings. The van der Waals surface area contributed by atoms with E-state index in [-0.39, 0.29) is 5.91 Å². The van der Waals surface area contributed by atoms with Gasteiger partial charge in [0, 0.05) is 4.88 Å². The Morgan fingerprint density at radius 2 is 1.70 bits per heavy atom. The number of carboxylic acid groups (broad SMARTS) is 1. The van der Waals surface area contributed by atoms with Crippen molar-refractivity contribution in [2.24, 2.45) is 11.8 Å². The van der Waals surface area contributed by atoms with E-state index in [1.165, 1.54) is 18.4 Å². The van der Waals surface area contributed by atoms with Gasteiger partial charge >= 0.3 is 11.9 Å². The number of allylic oxidation sites excluding steroid dienone is 2. The lowest BCUT2D eigenvalue weighted by Gasteiger charge is -2.29. The van der Waals surface area contributed by atoms with Crippen LogP contribution in [0, 0.1) is 11.8 Å². The minimum absolute atomic E-state index is 0.335. The molecule has 0 radical (unpaired) electrons. The number of carboxylic acids is 1. The number of amides is 1. The summed E-state index contributed by atoms with van der Waals surface area (Å²) in [5.74, 6) is -3.13. The summed E-state index contributed by atoms with van der Waals surface area (Å²) in [7, 11) is 1.33. The first-order valence-corrected chi connectivity index (χ1v) is 10.1. The van der Waals surface area contributed by atoms with Crippen LogP contribution < -0.4 is 5.32 Å². The third-order valence-corrected chi connectivity index (χ3v) is 6.93. The zero-order valence-electron chi connectivity index (χ0n) is 15.9. The standard InChI is InChI=1S/C20H25NO5S/c1-10-8-13(14(19(23)24)9-11(10)2)17(22)21-18-16(20(25)26-3)12-6-4-5-7-15(12)27-18/h13-14H,4-9H2,1-3H3,(H,21,22)(H,23,24)/t13-,14+/m1/s1. The van der Waals surface area contributed by atoms with Crippen LogP contribution in [0.3, 0.4) is 0 Å². The maximum Gasteiger partial charge on any atom is 0.341 e.